The Labute approximate surface area is 182 Å². The number of aromatic nitrogens is 2. The van der Waals surface area contributed by atoms with Gasteiger partial charge in [0.15, 0.2) is 0 Å². The number of benzene rings is 2. The Hall–Kier alpha value is -2.35. The summed E-state index contributed by atoms with van der Waals surface area (Å²) >= 11 is 0. The highest BCUT2D eigenvalue weighted by Crippen LogP contribution is 2.37. The average molecular weight is 401 g/mol. The van der Waals surface area contributed by atoms with E-state index in [1.165, 1.54) is 60.1 Å². The Balaban J connectivity index is 1.75. The highest BCUT2D eigenvalue weighted by molar-refractivity contribution is 5.83. The van der Waals surface area contributed by atoms with Crippen LogP contribution in [0.2, 0.25) is 0 Å². The SMILES string of the molecule is CCCc1c(-c2ccccc2)c(-c2ccc(C)cc2)nn1CC1CCC(CC)CC1. The summed E-state index contributed by atoms with van der Waals surface area (Å²) in [5.74, 6) is 1.70. The lowest BCUT2D eigenvalue weighted by Gasteiger charge is -2.28. The van der Waals surface area contributed by atoms with E-state index in [0.717, 1.165) is 36.9 Å². The zero-order valence-corrected chi connectivity index (χ0v) is 18.9. The molecule has 0 N–H and O–H groups in total. The van der Waals surface area contributed by atoms with E-state index in [-0.39, 0.29) is 0 Å². The fraction of sp³-hybridized carbons (Fsp3) is 0.464. The van der Waals surface area contributed by atoms with Gasteiger partial charge in [0.1, 0.15) is 5.69 Å². The molecule has 0 aliphatic heterocycles. The second-order valence-electron chi connectivity index (χ2n) is 9.13. The number of aryl methyl sites for hydroxylation is 1. The van der Waals surface area contributed by atoms with Crippen molar-refractivity contribution in [2.45, 2.75) is 72.3 Å². The molecule has 0 amide bonds. The van der Waals surface area contributed by atoms with Crippen LogP contribution < -0.4 is 0 Å². The predicted molar refractivity (Wildman–Crippen MR) is 128 cm³/mol. The third kappa shape index (κ3) is 4.53. The van der Waals surface area contributed by atoms with Crippen molar-refractivity contribution in [2.75, 3.05) is 0 Å². The summed E-state index contributed by atoms with van der Waals surface area (Å²) in [5.41, 5.74) is 7.70. The molecule has 2 aromatic carbocycles. The molecular formula is C28H36N2. The van der Waals surface area contributed by atoms with Gasteiger partial charge in [-0.05, 0) is 43.6 Å². The van der Waals surface area contributed by atoms with Gasteiger partial charge in [0.05, 0.1) is 0 Å². The van der Waals surface area contributed by atoms with Crippen LogP contribution in [0.5, 0.6) is 0 Å². The maximum absolute atomic E-state index is 5.26. The number of hydrogen-bond donors (Lipinski definition) is 0. The minimum absolute atomic E-state index is 0.762. The van der Waals surface area contributed by atoms with E-state index < -0.39 is 0 Å². The quantitative estimate of drug-likeness (QED) is 0.397. The van der Waals surface area contributed by atoms with Gasteiger partial charge in [-0.1, -0.05) is 99.7 Å². The Kier molecular flexibility index (Phi) is 6.72. The first kappa shape index (κ1) is 20.9. The zero-order valence-electron chi connectivity index (χ0n) is 18.9. The maximum Gasteiger partial charge on any atom is 0.100 e. The second-order valence-corrected chi connectivity index (χ2v) is 9.13. The van der Waals surface area contributed by atoms with Gasteiger partial charge in [-0.3, -0.25) is 4.68 Å². The Bertz CT molecular complexity index is 929. The molecule has 1 aliphatic carbocycles. The van der Waals surface area contributed by atoms with E-state index in [1.807, 2.05) is 0 Å². The van der Waals surface area contributed by atoms with E-state index in [1.54, 1.807) is 0 Å². The summed E-state index contributed by atoms with van der Waals surface area (Å²) in [7, 11) is 0. The lowest BCUT2D eigenvalue weighted by molar-refractivity contribution is 0.240. The molecule has 0 saturated heterocycles. The topological polar surface area (TPSA) is 17.8 Å². The molecule has 0 unspecified atom stereocenters. The first-order valence-electron chi connectivity index (χ1n) is 11.9. The van der Waals surface area contributed by atoms with Crippen LogP contribution in [0.15, 0.2) is 54.6 Å². The first-order valence-corrected chi connectivity index (χ1v) is 11.9. The fourth-order valence-corrected chi connectivity index (χ4v) is 5.03. The van der Waals surface area contributed by atoms with E-state index in [4.69, 9.17) is 5.10 Å². The maximum atomic E-state index is 5.26. The van der Waals surface area contributed by atoms with Gasteiger partial charge < -0.3 is 0 Å². The van der Waals surface area contributed by atoms with Gasteiger partial charge in [0, 0.05) is 23.4 Å². The Morgan fingerprint density at radius 3 is 2.13 bits per heavy atom. The third-order valence-corrected chi connectivity index (χ3v) is 6.91. The lowest BCUT2D eigenvalue weighted by Crippen LogP contribution is -2.20. The molecule has 158 valence electrons. The second kappa shape index (κ2) is 9.64. The molecule has 4 rings (SSSR count). The van der Waals surface area contributed by atoms with Crippen LogP contribution in [0.1, 0.15) is 63.6 Å². The summed E-state index contributed by atoms with van der Waals surface area (Å²) in [5, 5.41) is 5.26. The van der Waals surface area contributed by atoms with Crippen LogP contribution in [0, 0.1) is 18.8 Å². The molecule has 2 heteroatoms. The molecule has 3 aromatic rings. The smallest absolute Gasteiger partial charge is 0.100 e. The monoisotopic (exact) mass is 400 g/mol. The largest absolute Gasteiger partial charge is 0.268 e. The minimum Gasteiger partial charge on any atom is -0.268 e. The van der Waals surface area contributed by atoms with E-state index in [9.17, 15) is 0 Å². The van der Waals surface area contributed by atoms with Crippen LogP contribution in [0.4, 0.5) is 0 Å². The van der Waals surface area contributed by atoms with Crippen LogP contribution in [0.3, 0.4) is 0 Å². The van der Waals surface area contributed by atoms with E-state index in [0.29, 0.717) is 0 Å². The molecular weight excluding hydrogens is 364 g/mol. The van der Waals surface area contributed by atoms with Crippen molar-refractivity contribution in [3.05, 3.63) is 65.9 Å². The molecule has 1 heterocycles. The minimum atomic E-state index is 0.762. The highest BCUT2D eigenvalue weighted by atomic mass is 15.3. The molecule has 30 heavy (non-hydrogen) atoms. The Morgan fingerprint density at radius 1 is 0.833 bits per heavy atom. The van der Waals surface area contributed by atoms with Crippen molar-refractivity contribution in [1.82, 2.24) is 9.78 Å². The summed E-state index contributed by atoms with van der Waals surface area (Å²) in [6.45, 7) is 7.84. The van der Waals surface area contributed by atoms with Gasteiger partial charge in [-0.25, -0.2) is 0 Å². The molecule has 1 fully saturated rings. The summed E-state index contributed by atoms with van der Waals surface area (Å²) < 4.78 is 2.37. The van der Waals surface area contributed by atoms with Crippen molar-refractivity contribution in [2.24, 2.45) is 11.8 Å². The summed E-state index contributed by atoms with van der Waals surface area (Å²) in [6.07, 6.45) is 9.04. The first-order chi connectivity index (χ1) is 14.7. The van der Waals surface area contributed by atoms with Crippen LogP contribution in [0.25, 0.3) is 22.4 Å². The van der Waals surface area contributed by atoms with Crippen molar-refractivity contribution in [3.8, 4) is 22.4 Å². The van der Waals surface area contributed by atoms with Gasteiger partial charge in [0.2, 0.25) is 0 Å². The number of nitrogens with zero attached hydrogens (tertiary/aromatic N) is 2. The van der Waals surface area contributed by atoms with Gasteiger partial charge in [-0.2, -0.15) is 5.10 Å². The Morgan fingerprint density at radius 2 is 1.50 bits per heavy atom. The van der Waals surface area contributed by atoms with E-state index >= 15 is 0 Å². The fourth-order valence-electron chi connectivity index (χ4n) is 5.03. The van der Waals surface area contributed by atoms with Crippen LogP contribution in [-0.2, 0) is 13.0 Å². The highest BCUT2D eigenvalue weighted by Gasteiger charge is 2.24. The zero-order chi connectivity index (χ0) is 20.9. The van der Waals surface area contributed by atoms with Gasteiger partial charge in [-0.15, -0.1) is 0 Å². The summed E-state index contributed by atoms with van der Waals surface area (Å²) in [6, 6.07) is 19.7. The number of rotatable bonds is 7. The molecule has 1 aliphatic rings. The standard InChI is InChI=1S/C28H36N2/c1-4-9-26-27(24-10-7-6-8-11-24)28(25-18-12-21(3)13-19-25)29-30(26)20-23-16-14-22(5-2)15-17-23/h6-8,10-13,18-19,22-23H,4-5,9,14-17,20H2,1-3H3. The average Bonchev–Trinajstić information content (AvgIpc) is 3.13. The van der Waals surface area contributed by atoms with Crippen LogP contribution in [-0.4, -0.2) is 9.78 Å². The summed E-state index contributed by atoms with van der Waals surface area (Å²) in [4.78, 5) is 0. The molecule has 1 saturated carbocycles. The molecule has 0 spiro atoms. The van der Waals surface area contributed by atoms with Gasteiger partial charge in [0.25, 0.3) is 0 Å². The van der Waals surface area contributed by atoms with Gasteiger partial charge >= 0.3 is 0 Å². The molecule has 2 nitrogen and oxygen atoms in total. The molecule has 0 radical (unpaired) electrons. The van der Waals surface area contributed by atoms with Crippen molar-refractivity contribution in [3.63, 3.8) is 0 Å². The molecule has 1 aromatic heterocycles. The molecule has 0 bridgehead atoms. The predicted octanol–water partition coefficient (Wildman–Crippen LogP) is 7.69. The van der Waals surface area contributed by atoms with Crippen molar-refractivity contribution < 1.29 is 0 Å². The lowest BCUT2D eigenvalue weighted by atomic mass is 9.81. The normalized spacial score (nSPS) is 19.2. The number of hydrogen-bond acceptors (Lipinski definition) is 1. The van der Waals surface area contributed by atoms with Crippen molar-refractivity contribution >= 4 is 0 Å². The van der Waals surface area contributed by atoms with Crippen molar-refractivity contribution in [1.29, 1.82) is 0 Å². The third-order valence-electron chi connectivity index (χ3n) is 6.91. The van der Waals surface area contributed by atoms with Crippen LogP contribution >= 0.6 is 0 Å². The molecule has 0 atom stereocenters. The van der Waals surface area contributed by atoms with E-state index in [2.05, 4.69) is 80.1 Å².